The highest BCUT2D eigenvalue weighted by molar-refractivity contribution is 5.00. The van der Waals surface area contributed by atoms with E-state index in [2.05, 4.69) is 39.0 Å². The van der Waals surface area contributed by atoms with Crippen molar-refractivity contribution in [3.8, 4) is 0 Å². The Labute approximate surface area is 142 Å². The fraction of sp³-hybridized carbons (Fsp3) is 0.706. The second-order valence-electron chi connectivity index (χ2n) is 6.97. The van der Waals surface area contributed by atoms with E-state index in [9.17, 15) is 0 Å². The fourth-order valence-corrected chi connectivity index (χ4v) is 3.26. The van der Waals surface area contributed by atoms with Crippen molar-refractivity contribution < 1.29 is 8.83 Å². The molecule has 7 heteroatoms. The minimum atomic E-state index is 0.502. The predicted octanol–water partition coefficient (Wildman–Crippen LogP) is 2.20. The Morgan fingerprint density at radius 3 is 2.83 bits per heavy atom. The first-order valence-electron chi connectivity index (χ1n) is 8.89. The molecule has 0 radical (unpaired) electrons. The van der Waals surface area contributed by atoms with Gasteiger partial charge < -0.3 is 8.83 Å². The van der Waals surface area contributed by atoms with Gasteiger partial charge in [0.25, 0.3) is 0 Å². The Balaban J connectivity index is 1.28. The van der Waals surface area contributed by atoms with Gasteiger partial charge in [0, 0.05) is 31.5 Å². The number of nitrogens with zero attached hydrogens (tertiary/aromatic N) is 5. The van der Waals surface area contributed by atoms with Crippen LogP contribution in [0.15, 0.2) is 15.0 Å². The molecule has 0 bridgehead atoms. The van der Waals surface area contributed by atoms with Crippen LogP contribution in [0, 0.1) is 0 Å². The Morgan fingerprint density at radius 1 is 1.21 bits per heavy atom. The summed E-state index contributed by atoms with van der Waals surface area (Å²) in [5.41, 5.74) is 0. The number of hydrogen-bond donors (Lipinski definition) is 0. The van der Waals surface area contributed by atoms with Gasteiger partial charge >= 0.3 is 0 Å². The highest BCUT2D eigenvalue weighted by Gasteiger charge is 2.31. The fourth-order valence-electron chi connectivity index (χ4n) is 3.26. The number of likely N-dealkylation sites (tertiary alicyclic amines) is 1. The Hall–Kier alpha value is -1.73. The van der Waals surface area contributed by atoms with E-state index < -0.39 is 0 Å². The van der Waals surface area contributed by atoms with Crippen molar-refractivity contribution in [1.29, 1.82) is 0 Å². The van der Waals surface area contributed by atoms with Crippen LogP contribution in [0.5, 0.6) is 0 Å². The second kappa shape index (κ2) is 6.64. The van der Waals surface area contributed by atoms with Gasteiger partial charge in [0.15, 0.2) is 0 Å². The van der Waals surface area contributed by atoms with E-state index in [1.54, 1.807) is 0 Å². The van der Waals surface area contributed by atoms with Crippen molar-refractivity contribution in [3.05, 3.63) is 29.6 Å². The maximum absolute atomic E-state index is 5.77. The smallest absolute Gasteiger partial charge is 0.230 e. The van der Waals surface area contributed by atoms with Gasteiger partial charge in [-0.25, -0.2) is 4.98 Å². The molecule has 2 aromatic heterocycles. The van der Waals surface area contributed by atoms with Crippen LogP contribution in [0.4, 0.5) is 0 Å². The predicted molar refractivity (Wildman–Crippen MR) is 87.3 cm³/mol. The number of hydrogen-bond acceptors (Lipinski definition) is 7. The van der Waals surface area contributed by atoms with Gasteiger partial charge in [-0.3, -0.25) is 9.80 Å². The van der Waals surface area contributed by atoms with Crippen molar-refractivity contribution in [2.24, 2.45) is 0 Å². The molecule has 2 aliphatic rings. The molecule has 4 rings (SSSR count). The van der Waals surface area contributed by atoms with Crippen molar-refractivity contribution >= 4 is 0 Å². The van der Waals surface area contributed by atoms with Crippen LogP contribution in [-0.4, -0.2) is 51.2 Å². The minimum Gasteiger partial charge on any atom is -0.444 e. The molecule has 2 fully saturated rings. The van der Waals surface area contributed by atoms with Crippen LogP contribution >= 0.6 is 0 Å². The second-order valence-corrected chi connectivity index (χ2v) is 6.97. The van der Waals surface area contributed by atoms with E-state index in [0.29, 0.717) is 12.0 Å². The van der Waals surface area contributed by atoms with Crippen LogP contribution in [0.2, 0.25) is 0 Å². The third-order valence-corrected chi connectivity index (χ3v) is 4.97. The lowest BCUT2D eigenvalue weighted by Gasteiger charge is -2.22. The van der Waals surface area contributed by atoms with Gasteiger partial charge in [0.05, 0.1) is 19.3 Å². The summed E-state index contributed by atoms with van der Waals surface area (Å²) in [5.74, 6) is 3.86. The molecule has 1 aliphatic carbocycles. The third-order valence-electron chi connectivity index (χ3n) is 4.97. The quantitative estimate of drug-likeness (QED) is 0.770. The number of likely N-dealkylation sites (N-methyl/N-ethyl adjacent to an activating group) is 1. The summed E-state index contributed by atoms with van der Waals surface area (Å²) in [6, 6.07) is 0.502. The molecule has 1 saturated carbocycles. The van der Waals surface area contributed by atoms with Crippen LogP contribution in [-0.2, 0) is 19.5 Å². The molecule has 3 heterocycles. The van der Waals surface area contributed by atoms with Gasteiger partial charge in [0.1, 0.15) is 5.76 Å². The monoisotopic (exact) mass is 331 g/mol. The highest BCUT2D eigenvalue weighted by atomic mass is 16.4. The first-order chi connectivity index (χ1) is 11.7. The standard InChI is InChI=1S/C17H25N5O2/c1-3-14-8-18-15(23-14)11-22-7-6-13(9-22)21(2)10-16-19-20-17(24-16)12-4-5-12/h8,12-13H,3-7,9-11H2,1-2H3/t13-/m1/s1. The van der Waals surface area contributed by atoms with Crippen LogP contribution < -0.4 is 0 Å². The van der Waals surface area contributed by atoms with E-state index >= 15 is 0 Å². The topological polar surface area (TPSA) is 71.4 Å². The highest BCUT2D eigenvalue weighted by Crippen LogP contribution is 2.39. The first kappa shape index (κ1) is 15.8. The zero-order valence-electron chi connectivity index (χ0n) is 14.4. The molecule has 1 atom stereocenters. The summed E-state index contributed by atoms with van der Waals surface area (Å²) < 4.78 is 11.5. The SMILES string of the molecule is CCc1cnc(CN2CC[C@@H](N(C)Cc3nnc(C4CC4)o3)C2)o1. The lowest BCUT2D eigenvalue weighted by molar-refractivity contribution is 0.199. The number of aromatic nitrogens is 3. The zero-order valence-corrected chi connectivity index (χ0v) is 14.4. The average Bonchev–Trinajstić information content (AvgIpc) is 3.00. The van der Waals surface area contributed by atoms with Crippen LogP contribution in [0.25, 0.3) is 0 Å². The van der Waals surface area contributed by atoms with Gasteiger partial charge in [-0.2, -0.15) is 0 Å². The van der Waals surface area contributed by atoms with E-state index in [0.717, 1.165) is 62.5 Å². The summed E-state index contributed by atoms with van der Waals surface area (Å²) >= 11 is 0. The lowest BCUT2D eigenvalue weighted by atomic mass is 10.2. The summed E-state index contributed by atoms with van der Waals surface area (Å²) in [4.78, 5) is 9.07. The van der Waals surface area contributed by atoms with Crippen LogP contribution in [0.3, 0.4) is 0 Å². The number of rotatable bonds is 7. The Morgan fingerprint density at radius 2 is 2.08 bits per heavy atom. The average molecular weight is 331 g/mol. The van der Waals surface area contributed by atoms with E-state index in [-0.39, 0.29) is 0 Å². The molecule has 0 aromatic carbocycles. The normalized spacial score (nSPS) is 21.9. The maximum Gasteiger partial charge on any atom is 0.230 e. The van der Waals surface area contributed by atoms with E-state index in [1.807, 2.05) is 6.20 Å². The molecule has 0 N–H and O–H groups in total. The molecule has 1 aliphatic heterocycles. The largest absolute Gasteiger partial charge is 0.444 e. The molecule has 1 saturated heterocycles. The number of aryl methyl sites for hydroxylation is 1. The molecule has 24 heavy (non-hydrogen) atoms. The molecular weight excluding hydrogens is 306 g/mol. The first-order valence-corrected chi connectivity index (χ1v) is 8.89. The van der Waals surface area contributed by atoms with Crippen molar-refractivity contribution in [1.82, 2.24) is 25.0 Å². The van der Waals surface area contributed by atoms with Gasteiger partial charge in [-0.1, -0.05) is 6.92 Å². The molecule has 0 amide bonds. The van der Waals surface area contributed by atoms with Crippen LogP contribution in [0.1, 0.15) is 55.5 Å². The minimum absolute atomic E-state index is 0.502. The van der Waals surface area contributed by atoms with Gasteiger partial charge in [-0.15, -0.1) is 10.2 Å². The third kappa shape index (κ3) is 3.52. The van der Waals surface area contributed by atoms with Crippen molar-refractivity contribution in [2.45, 2.75) is 57.7 Å². The number of oxazole rings is 1. The van der Waals surface area contributed by atoms with Crippen molar-refractivity contribution in [3.63, 3.8) is 0 Å². The summed E-state index contributed by atoms with van der Waals surface area (Å²) in [6.45, 7) is 5.67. The summed E-state index contributed by atoms with van der Waals surface area (Å²) in [5, 5.41) is 8.36. The molecule has 0 unspecified atom stereocenters. The molecular formula is C17H25N5O2. The molecule has 0 spiro atoms. The summed E-state index contributed by atoms with van der Waals surface area (Å²) in [7, 11) is 2.13. The molecule has 130 valence electrons. The molecule has 7 nitrogen and oxygen atoms in total. The Kier molecular flexibility index (Phi) is 4.37. The van der Waals surface area contributed by atoms with E-state index in [1.165, 1.54) is 12.8 Å². The lowest BCUT2D eigenvalue weighted by Crippen LogP contribution is -2.34. The maximum atomic E-state index is 5.77. The van der Waals surface area contributed by atoms with Gasteiger partial charge in [-0.05, 0) is 26.3 Å². The molecule has 2 aromatic rings. The van der Waals surface area contributed by atoms with Crippen molar-refractivity contribution in [2.75, 3.05) is 20.1 Å². The van der Waals surface area contributed by atoms with E-state index in [4.69, 9.17) is 8.83 Å². The summed E-state index contributed by atoms with van der Waals surface area (Å²) in [6.07, 6.45) is 6.25. The Bertz CT molecular complexity index is 678. The zero-order chi connectivity index (χ0) is 16.5. The van der Waals surface area contributed by atoms with Gasteiger partial charge in [0.2, 0.25) is 17.7 Å².